The van der Waals surface area contributed by atoms with Crippen molar-refractivity contribution in [2.24, 2.45) is 10.9 Å². The molecule has 4 heteroatoms. The van der Waals surface area contributed by atoms with Crippen LogP contribution < -0.4 is 10.6 Å². The van der Waals surface area contributed by atoms with Gasteiger partial charge in [0.25, 0.3) is 0 Å². The molecule has 0 radical (unpaired) electrons. The lowest BCUT2D eigenvalue weighted by Crippen LogP contribution is -2.34. The molecule has 1 aromatic carbocycles. The smallest absolute Gasteiger partial charge is 0.172 e. The van der Waals surface area contributed by atoms with Crippen molar-refractivity contribution in [1.82, 2.24) is 0 Å². The molecule has 1 atom stereocenters. The Morgan fingerprint density at radius 1 is 1.37 bits per heavy atom. The number of hydrogen-bond donors (Lipinski definition) is 2. The van der Waals surface area contributed by atoms with Crippen molar-refractivity contribution in [2.75, 3.05) is 11.4 Å². The number of aryl methyl sites for hydroxylation is 1. The van der Waals surface area contributed by atoms with Crippen molar-refractivity contribution in [3.8, 4) is 0 Å². The lowest BCUT2D eigenvalue weighted by atomic mass is 10.1. The Bertz CT molecular complexity index is 470. The van der Waals surface area contributed by atoms with Crippen LogP contribution in [0.4, 0.5) is 5.69 Å². The zero-order valence-electron chi connectivity index (χ0n) is 11.8. The molecule has 0 spiro atoms. The maximum Gasteiger partial charge on any atom is 0.172 e. The van der Waals surface area contributed by atoms with Crippen LogP contribution >= 0.6 is 0 Å². The van der Waals surface area contributed by atoms with E-state index in [1.54, 1.807) is 0 Å². The average Bonchev–Trinajstić information content (AvgIpc) is 2.62. The van der Waals surface area contributed by atoms with Gasteiger partial charge < -0.3 is 15.8 Å². The van der Waals surface area contributed by atoms with Crippen molar-refractivity contribution in [3.63, 3.8) is 0 Å². The summed E-state index contributed by atoms with van der Waals surface area (Å²) >= 11 is 0. The van der Waals surface area contributed by atoms with E-state index in [1.807, 2.05) is 13.0 Å². The highest BCUT2D eigenvalue weighted by atomic mass is 16.4. The maximum absolute atomic E-state index is 8.97. The fourth-order valence-electron chi connectivity index (χ4n) is 2.79. The number of nitrogens with zero attached hydrogens (tertiary/aromatic N) is 2. The van der Waals surface area contributed by atoms with Gasteiger partial charge in [-0.25, -0.2) is 0 Å². The third-order valence-corrected chi connectivity index (χ3v) is 3.90. The molecule has 19 heavy (non-hydrogen) atoms. The summed E-state index contributed by atoms with van der Waals surface area (Å²) in [5, 5.41) is 12.1. The molecule has 1 aromatic rings. The summed E-state index contributed by atoms with van der Waals surface area (Å²) < 4.78 is 0. The lowest BCUT2D eigenvalue weighted by Gasteiger charge is -2.31. The Morgan fingerprint density at radius 3 is 2.89 bits per heavy atom. The van der Waals surface area contributed by atoms with Crippen molar-refractivity contribution in [1.29, 1.82) is 0 Å². The van der Waals surface area contributed by atoms with Crippen molar-refractivity contribution in [2.45, 2.75) is 45.6 Å². The number of hydrogen-bond acceptors (Lipinski definition) is 3. The summed E-state index contributed by atoms with van der Waals surface area (Å²) in [7, 11) is 0. The minimum absolute atomic E-state index is 0.190. The third kappa shape index (κ3) is 3.00. The van der Waals surface area contributed by atoms with Gasteiger partial charge in [0, 0.05) is 23.8 Å². The first kappa shape index (κ1) is 13.7. The summed E-state index contributed by atoms with van der Waals surface area (Å²) in [6, 6.07) is 6.66. The van der Waals surface area contributed by atoms with Gasteiger partial charge in [-0.15, -0.1) is 0 Å². The Balaban J connectivity index is 2.42. The van der Waals surface area contributed by atoms with Gasteiger partial charge in [0.05, 0.1) is 0 Å². The largest absolute Gasteiger partial charge is 0.409 e. The first-order valence-corrected chi connectivity index (χ1v) is 6.98. The van der Waals surface area contributed by atoms with E-state index in [2.05, 4.69) is 29.1 Å². The van der Waals surface area contributed by atoms with E-state index >= 15 is 0 Å². The van der Waals surface area contributed by atoms with Crippen molar-refractivity contribution in [3.05, 3.63) is 29.3 Å². The fourth-order valence-corrected chi connectivity index (χ4v) is 2.79. The van der Waals surface area contributed by atoms with Crippen LogP contribution in [0.3, 0.4) is 0 Å². The number of amidine groups is 1. The number of anilines is 1. The van der Waals surface area contributed by atoms with E-state index in [0.717, 1.165) is 23.4 Å². The van der Waals surface area contributed by atoms with Crippen molar-refractivity contribution >= 4 is 11.5 Å². The highest BCUT2D eigenvalue weighted by Gasteiger charge is 2.21. The van der Waals surface area contributed by atoms with E-state index < -0.39 is 0 Å². The highest BCUT2D eigenvalue weighted by Crippen LogP contribution is 2.28. The standard InChI is InChI=1S/C15H23N3O/c1-11-7-8-14(13(10-11)15(16)17-19)18-9-5-3-4-6-12(18)2/h7-8,10,12,19H,3-6,9H2,1-2H3,(H2,16,17). The first-order valence-electron chi connectivity index (χ1n) is 6.98. The van der Waals surface area contributed by atoms with Gasteiger partial charge in [-0.05, 0) is 38.8 Å². The molecule has 1 fully saturated rings. The van der Waals surface area contributed by atoms with E-state index in [0.29, 0.717) is 6.04 Å². The average molecular weight is 261 g/mol. The molecule has 0 bridgehead atoms. The summed E-state index contributed by atoms with van der Waals surface area (Å²) in [5.74, 6) is 0.190. The van der Waals surface area contributed by atoms with E-state index in [4.69, 9.17) is 10.9 Å². The van der Waals surface area contributed by atoms with Crippen LogP contribution in [0.2, 0.25) is 0 Å². The molecule has 0 aromatic heterocycles. The molecule has 104 valence electrons. The first-order chi connectivity index (χ1) is 9.13. The third-order valence-electron chi connectivity index (χ3n) is 3.90. The molecular weight excluding hydrogens is 238 g/mol. The second kappa shape index (κ2) is 5.95. The molecule has 2 rings (SSSR count). The van der Waals surface area contributed by atoms with Crippen LogP contribution in [0, 0.1) is 6.92 Å². The predicted octanol–water partition coefficient (Wildman–Crippen LogP) is 2.86. The van der Waals surface area contributed by atoms with Crippen LogP contribution in [0.15, 0.2) is 23.4 Å². The van der Waals surface area contributed by atoms with E-state index in [-0.39, 0.29) is 5.84 Å². The second-order valence-electron chi connectivity index (χ2n) is 5.40. The summed E-state index contributed by atoms with van der Waals surface area (Å²) in [6.07, 6.45) is 4.96. The zero-order chi connectivity index (χ0) is 13.8. The SMILES string of the molecule is Cc1ccc(N2CCCCCC2C)c(/C(N)=N/O)c1. The zero-order valence-corrected chi connectivity index (χ0v) is 11.8. The molecule has 0 amide bonds. The minimum atomic E-state index is 0.190. The Kier molecular flexibility index (Phi) is 4.30. The van der Waals surface area contributed by atoms with Crippen LogP contribution in [0.25, 0.3) is 0 Å². The molecule has 1 aliphatic rings. The van der Waals surface area contributed by atoms with Gasteiger partial charge in [0.2, 0.25) is 0 Å². The molecule has 1 unspecified atom stereocenters. The molecule has 1 saturated heterocycles. The number of benzene rings is 1. The van der Waals surface area contributed by atoms with Gasteiger partial charge in [-0.2, -0.15) is 0 Å². The van der Waals surface area contributed by atoms with E-state index in [9.17, 15) is 0 Å². The quantitative estimate of drug-likeness (QED) is 0.372. The van der Waals surface area contributed by atoms with Gasteiger partial charge in [0.15, 0.2) is 5.84 Å². The molecule has 1 heterocycles. The van der Waals surface area contributed by atoms with Crippen LogP contribution in [-0.4, -0.2) is 23.6 Å². The fraction of sp³-hybridized carbons (Fsp3) is 0.533. The highest BCUT2D eigenvalue weighted by molar-refractivity contribution is 6.02. The molecule has 0 aliphatic carbocycles. The van der Waals surface area contributed by atoms with Crippen LogP contribution in [-0.2, 0) is 0 Å². The van der Waals surface area contributed by atoms with Crippen molar-refractivity contribution < 1.29 is 5.21 Å². The predicted molar refractivity (Wildman–Crippen MR) is 79.0 cm³/mol. The molecule has 3 N–H and O–H groups in total. The van der Waals surface area contributed by atoms with Gasteiger partial charge >= 0.3 is 0 Å². The van der Waals surface area contributed by atoms with Gasteiger partial charge in [-0.3, -0.25) is 0 Å². The maximum atomic E-state index is 8.97. The Morgan fingerprint density at radius 2 is 2.16 bits per heavy atom. The molecule has 0 saturated carbocycles. The molecule has 4 nitrogen and oxygen atoms in total. The number of rotatable bonds is 2. The number of oxime groups is 1. The second-order valence-corrected chi connectivity index (χ2v) is 5.40. The van der Waals surface area contributed by atoms with E-state index in [1.165, 1.54) is 25.7 Å². The lowest BCUT2D eigenvalue weighted by molar-refractivity contribution is 0.318. The summed E-state index contributed by atoms with van der Waals surface area (Å²) in [4.78, 5) is 2.39. The Hall–Kier alpha value is -1.71. The van der Waals surface area contributed by atoms with Gasteiger partial charge in [-0.1, -0.05) is 29.6 Å². The summed E-state index contributed by atoms with van der Waals surface area (Å²) in [6.45, 7) is 5.31. The van der Waals surface area contributed by atoms with Crippen LogP contribution in [0.1, 0.15) is 43.7 Å². The van der Waals surface area contributed by atoms with Crippen LogP contribution in [0.5, 0.6) is 0 Å². The summed E-state index contributed by atoms with van der Waals surface area (Å²) in [5.41, 5.74) is 8.86. The monoisotopic (exact) mass is 261 g/mol. The topological polar surface area (TPSA) is 61.8 Å². The normalized spacial score (nSPS) is 21.3. The minimum Gasteiger partial charge on any atom is -0.409 e. The molecule has 1 aliphatic heterocycles. The van der Waals surface area contributed by atoms with Gasteiger partial charge in [0.1, 0.15) is 0 Å². The Labute approximate surface area is 114 Å². The molecular formula is C15H23N3O. The number of nitrogens with two attached hydrogens (primary N) is 1.